The lowest BCUT2D eigenvalue weighted by Gasteiger charge is -2.35. The standard InChI is InChI=1S/C12H17NO3S3/c1-16-6-9-18(10-11-4-2-7-17-11)8-3-5-12(18)19(13,14)15/h2-5,7-8H,6,9-10H2,1H3,(H2,13,14,15). The molecule has 0 bridgehead atoms. The normalized spacial score (nSPS) is 26.1. The maximum atomic E-state index is 11.8. The van der Waals surface area contributed by atoms with Gasteiger partial charge in [-0.25, -0.2) is 13.6 Å². The molecule has 1 aromatic rings. The first-order chi connectivity index (χ1) is 8.98. The lowest BCUT2D eigenvalue weighted by molar-refractivity contribution is 0.218. The SMILES string of the molecule is COCCS1(Cc2cccs2)C=CC=C1S(N)(=O)=O. The van der Waals surface area contributed by atoms with Crippen molar-refractivity contribution in [1.29, 1.82) is 0 Å². The Hall–Kier alpha value is -0.600. The summed E-state index contributed by atoms with van der Waals surface area (Å²) in [4.78, 5) is 1.17. The summed E-state index contributed by atoms with van der Waals surface area (Å²) in [6, 6.07) is 4.00. The minimum atomic E-state index is -3.66. The second kappa shape index (κ2) is 5.80. The highest BCUT2D eigenvalue weighted by Crippen LogP contribution is 2.63. The molecule has 1 aromatic heterocycles. The summed E-state index contributed by atoms with van der Waals surface area (Å²) in [6.07, 6.45) is 3.44. The Morgan fingerprint density at radius 1 is 1.47 bits per heavy atom. The maximum Gasteiger partial charge on any atom is 0.242 e. The topological polar surface area (TPSA) is 69.4 Å². The zero-order valence-electron chi connectivity index (χ0n) is 10.6. The molecule has 1 aliphatic heterocycles. The summed E-state index contributed by atoms with van der Waals surface area (Å²) in [7, 11) is -3.63. The Kier molecular flexibility index (Phi) is 4.52. The van der Waals surface area contributed by atoms with Gasteiger partial charge in [-0.15, -0.1) is 11.3 Å². The van der Waals surface area contributed by atoms with E-state index in [1.165, 1.54) is 4.88 Å². The summed E-state index contributed by atoms with van der Waals surface area (Å²) >= 11 is 1.64. The third-order valence-electron chi connectivity index (χ3n) is 2.88. The van der Waals surface area contributed by atoms with E-state index in [-0.39, 0.29) is 0 Å². The maximum absolute atomic E-state index is 11.8. The number of methoxy groups -OCH3 is 1. The fourth-order valence-electron chi connectivity index (χ4n) is 2.04. The fourth-order valence-corrected chi connectivity index (χ4v) is 8.79. The van der Waals surface area contributed by atoms with E-state index in [9.17, 15) is 8.42 Å². The third-order valence-corrected chi connectivity index (χ3v) is 9.67. The van der Waals surface area contributed by atoms with Crippen molar-refractivity contribution in [1.82, 2.24) is 0 Å². The molecular formula is C12H17NO3S3. The first kappa shape index (κ1) is 14.8. The number of nitrogens with two attached hydrogens (primary N) is 1. The van der Waals surface area contributed by atoms with E-state index in [4.69, 9.17) is 9.88 Å². The minimum Gasteiger partial charge on any atom is -0.384 e. The highest BCUT2D eigenvalue weighted by atomic mass is 32.3. The van der Waals surface area contributed by atoms with Crippen LogP contribution in [0.15, 0.2) is 39.3 Å². The number of ether oxygens (including phenoxy) is 1. The van der Waals surface area contributed by atoms with Gasteiger partial charge in [0.05, 0.1) is 6.61 Å². The number of thiophene rings is 1. The summed E-state index contributed by atoms with van der Waals surface area (Å²) in [5.74, 6) is 1.40. The predicted molar refractivity (Wildman–Crippen MR) is 82.7 cm³/mol. The molecule has 0 spiro atoms. The quantitative estimate of drug-likeness (QED) is 0.875. The van der Waals surface area contributed by atoms with Crippen molar-refractivity contribution >= 4 is 31.4 Å². The van der Waals surface area contributed by atoms with Crippen molar-refractivity contribution in [3.63, 3.8) is 0 Å². The molecule has 2 rings (SSSR count). The number of allylic oxidation sites excluding steroid dienone is 2. The highest BCUT2D eigenvalue weighted by Gasteiger charge is 2.35. The minimum absolute atomic E-state index is 0.366. The Labute approximate surface area is 119 Å². The van der Waals surface area contributed by atoms with E-state index < -0.39 is 20.1 Å². The lowest BCUT2D eigenvalue weighted by Crippen LogP contribution is -2.21. The van der Waals surface area contributed by atoms with Crippen LogP contribution in [0.5, 0.6) is 0 Å². The molecule has 4 nitrogen and oxygen atoms in total. The molecule has 2 N–H and O–H groups in total. The van der Waals surface area contributed by atoms with Crippen LogP contribution in [0.1, 0.15) is 4.88 Å². The second-order valence-electron chi connectivity index (χ2n) is 4.22. The molecule has 1 aliphatic rings. The van der Waals surface area contributed by atoms with E-state index in [0.717, 1.165) is 0 Å². The summed E-state index contributed by atoms with van der Waals surface area (Å²) < 4.78 is 29.1. The van der Waals surface area contributed by atoms with Crippen LogP contribution in [0.3, 0.4) is 0 Å². The molecule has 19 heavy (non-hydrogen) atoms. The van der Waals surface area contributed by atoms with Crippen LogP contribution in [0.25, 0.3) is 0 Å². The van der Waals surface area contributed by atoms with Crippen molar-refractivity contribution in [2.24, 2.45) is 5.14 Å². The van der Waals surface area contributed by atoms with Crippen LogP contribution in [-0.2, 0) is 20.5 Å². The van der Waals surface area contributed by atoms with Crippen LogP contribution >= 0.6 is 21.4 Å². The molecule has 2 heterocycles. The van der Waals surface area contributed by atoms with Crippen LogP contribution in [-0.4, -0.2) is 27.9 Å². The molecule has 0 aliphatic carbocycles. The summed E-state index contributed by atoms with van der Waals surface area (Å²) in [6.45, 7) is 0.526. The van der Waals surface area contributed by atoms with Crippen molar-refractivity contribution < 1.29 is 13.2 Å². The van der Waals surface area contributed by atoms with Gasteiger partial charge in [0.2, 0.25) is 10.0 Å². The Morgan fingerprint density at radius 2 is 2.26 bits per heavy atom. The molecule has 1 unspecified atom stereocenters. The second-order valence-corrected chi connectivity index (χ2v) is 10.3. The summed E-state index contributed by atoms with van der Waals surface area (Å²) in [5, 5.41) is 9.37. The molecule has 1 atom stereocenters. The van der Waals surface area contributed by atoms with E-state index in [2.05, 4.69) is 0 Å². The molecule has 106 valence electrons. The molecule has 0 saturated carbocycles. The molecule has 0 saturated heterocycles. The summed E-state index contributed by atoms with van der Waals surface area (Å²) in [5.41, 5.74) is 0. The van der Waals surface area contributed by atoms with E-state index in [1.807, 2.05) is 22.9 Å². The van der Waals surface area contributed by atoms with E-state index >= 15 is 0 Å². The number of hydrogen-bond donors (Lipinski definition) is 1. The van der Waals surface area contributed by atoms with Gasteiger partial charge in [0.15, 0.2) is 0 Å². The number of hydrogen-bond acceptors (Lipinski definition) is 4. The monoisotopic (exact) mass is 319 g/mol. The average Bonchev–Trinajstić information content (AvgIpc) is 2.96. The molecule has 7 heteroatoms. The zero-order valence-corrected chi connectivity index (χ0v) is 13.1. The molecule has 0 amide bonds. The lowest BCUT2D eigenvalue weighted by atomic mass is 10.5. The molecular weight excluding hydrogens is 302 g/mol. The van der Waals surface area contributed by atoms with Gasteiger partial charge in [-0.1, -0.05) is 12.1 Å². The fraction of sp³-hybridized carbons (Fsp3) is 0.333. The van der Waals surface area contributed by atoms with Gasteiger partial charge in [0, 0.05) is 23.5 Å². The van der Waals surface area contributed by atoms with Gasteiger partial charge < -0.3 is 4.74 Å². The average molecular weight is 319 g/mol. The molecule has 0 aromatic carbocycles. The zero-order chi connectivity index (χ0) is 13.9. The van der Waals surface area contributed by atoms with Crippen LogP contribution in [0.2, 0.25) is 0 Å². The largest absolute Gasteiger partial charge is 0.384 e. The van der Waals surface area contributed by atoms with Gasteiger partial charge in [-0.05, 0) is 22.9 Å². The van der Waals surface area contributed by atoms with Crippen LogP contribution in [0, 0.1) is 0 Å². The van der Waals surface area contributed by atoms with Crippen molar-refractivity contribution in [3.05, 3.63) is 44.2 Å². The van der Waals surface area contributed by atoms with Gasteiger partial charge >= 0.3 is 0 Å². The Bertz CT molecular complexity index is 590. The van der Waals surface area contributed by atoms with Crippen molar-refractivity contribution in [3.8, 4) is 0 Å². The van der Waals surface area contributed by atoms with Gasteiger partial charge in [0.1, 0.15) is 4.24 Å². The van der Waals surface area contributed by atoms with Crippen LogP contribution < -0.4 is 5.14 Å². The van der Waals surface area contributed by atoms with E-state index in [0.29, 0.717) is 22.3 Å². The van der Waals surface area contributed by atoms with Crippen molar-refractivity contribution in [2.75, 3.05) is 19.5 Å². The first-order valence-corrected chi connectivity index (χ1v) is 10.2. The Morgan fingerprint density at radius 3 is 2.84 bits per heavy atom. The van der Waals surface area contributed by atoms with Gasteiger partial charge in [-0.2, -0.15) is 10.0 Å². The third kappa shape index (κ3) is 3.29. The number of primary sulfonamides is 1. The smallest absolute Gasteiger partial charge is 0.242 e. The van der Waals surface area contributed by atoms with Crippen molar-refractivity contribution in [2.45, 2.75) is 5.75 Å². The molecule has 0 fully saturated rings. The Balaban J connectivity index is 2.35. The predicted octanol–water partition coefficient (Wildman–Crippen LogP) is 2.36. The van der Waals surface area contributed by atoms with Gasteiger partial charge in [-0.3, -0.25) is 0 Å². The number of rotatable bonds is 6. The van der Waals surface area contributed by atoms with Crippen LogP contribution in [0.4, 0.5) is 0 Å². The highest BCUT2D eigenvalue weighted by molar-refractivity contribution is 8.44. The van der Waals surface area contributed by atoms with Gasteiger partial charge in [0.25, 0.3) is 0 Å². The number of sulfonamides is 1. The van der Waals surface area contributed by atoms with E-state index in [1.54, 1.807) is 30.6 Å². The first-order valence-electron chi connectivity index (χ1n) is 5.69. The molecule has 0 radical (unpaired) electrons.